The van der Waals surface area contributed by atoms with Crippen molar-refractivity contribution in [2.75, 3.05) is 11.5 Å². The number of anilines is 2. The average molecular weight is 392 g/mol. The van der Waals surface area contributed by atoms with Gasteiger partial charge >= 0.3 is 0 Å². The highest BCUT2D eigenvalue weighted by molar-refractivity contribution is 9.10. The summed E-state index contributed by atoms with van der Waals surface area (Å²) in [6, 6.07) is 13.9. The van der Waals surface area contributed by atoms with Crippen molar-refractivity contribution in [3.63, 3.8) is 0 Å². The third-order valence-corrected chi connectivity index (χ3v) is 4.13. The summed E-state index contributed by atoms with van der Waals surface area (Å²) in [5, 5.41) is 4.87. The van der Waals surface area contributed by atoms with Crippen molar-refractivity contribution in [3.05, 3.63) is 69.3 Å². The molecule has 0 aliphatic heterocycles. The number of benzene rings is 2. The molecule has 7 heteroatoms. The van der Waals surface area contributed by atoms with Gasteiger partial charge in [0.05, 0.1) is 5.69 Å². The Morgan fingerprint density at radius 2 is 1.65 bits per heavy atom. The fourth-order valence-corrected chi connectivity index (χ4v) is 2.52. The minimum Gasteiger partial charge on any atom is -0.394 e. The highest BCUT2D eigenvalue weighted by Gasteiger charge is 2.21. The van der Waals surface area contributed by atoms with Gasteiger partial charge in [-0.3, -0.25) is 4.79 Å². The van der Waals surface area contributed by atoms with E-state index in [9.17, 15) is 4.79 Å². The standard InChI is InChI=1S/C16H12BrClN4O/c17-10-3-1-9(2-4-10)15(23)14-13(19)16(20)22(21-14)12-7-5-11(18)6-8-12/h1-8H,19-20H2. The van der Waals surface area contributed by atoms with Crippen LogP contribution >= 0.6 is 27.5 Å². The lowest BCUT2D eigenvalue weighted by Gasteiger charge is -2.03. The second-order valence-corrected chi connectivity index (χ2v) is 6.22. The van der Waals surface area contributed by atoms with Crippen molar-refractivity contribution in [3.8, 4) is 5.69 Å². The fraction of sp³-hybridized carbons (Fsp3) is 0. The summed E-state index contributed by atoms with van der Waals surface area (Å²) in [7, 11) is 0. The van der Waals surface area contributed by atoms with Gasteiger partial charge in [0.25, 0.3) is 0 Å². The highest BCUT2D eigenvalue weighted by atomic mass is 79.9. The van der Waals surface area contributed by atoms with E-state index in [0.29, 0.717) is 16.3 Å². The maximum atomic E-state index is 12.6. The first-order valence-corrected chi connectivity index (χ1v) is 7.84. The van der Waals surface area contributed by atoms with Crippen molar-refractivity contribution in [1.82, 2.24) is 9.78 Å². The molecular formula is C16H12BrClN4O. The molecule has 23 heavy (non-hydrogen) atoms. The first kappa shape index (κ1) is 15.6. The lowest BCUT2D eigenvalue weighted by molar-refractivity contribution is 0.103. The number of nitrogen functional groups attached to an aromatic ring is 2. The molecule has 0 spiro atoms. The van der Waals surface area contributed by atoms with Crippen LogP contribution in [0.2, 0.25) is 5.02 Å². The van der Waals surface area contributed by atoms with Gasteiger partial charge in [0.1, 0.15) is 5.69 Å². The van der Waals surface area contributed by atoms with E-state index in [-0.39, 0.29) is 23.0 Å². The minimum atomic E-state index is -0.283. The van der Waals surface area contributed by atoms with E-state index in [1.54, 1.807) is 48.5 Å². The Kier molecular flexibility index (Phi) is 4.11. The number of rotatable bonds is 3. The Balaban J connectivity index is 2.04. The lowest BCUT2D eigenvalue weighted by atomic mass is 10.1. The fourth-order valence-electron chi connectivity index (χ4n) is 2.13. The molecule has 3 rings (SSSR count). The Bertz CT molecular complexity index is 872. The molecular weight excluding hydrogens is 380 g/mol. The van der Waals surface area contributed by atoms with Gasteiger partial charge in [0.2, 0.25) is 5.78 Å². The molecule has 2 aromatic carbocycles. The molecule has 1 heterocycles. The van der Waals surface area contributed by atoms with Crippen LogP contribution in [0.4, 0.5) is 11.5 Å². The summed E-state index contributed by atoms with van der Waals surface area (Å²) in [4.78, 5) is 12.6. The van der Waals surface area contributed by atoms with Gasteiger partial charge in [0, 0.05) is 15.1 Å². The zero-order chi connectivity index (χ0) is 16.6. The summed E-state index contributed by atoms with van der Waals surface area (Å²) in [5.41, 5.74) is 13.4. The van der Waals surface area contributed by atoms with Gasteiger partial charge in [-0.05, 0) is 48.5 Å². The smallest absolute Gasteiger partial charge is 0.215 e. The number of aromatic nitrogens is 2. The number of ketones is 1. The number of nitrogens with zero attached hydrogens (tertiary/aromatic N) is 2. The van der Waals surface area contributed by atoms with E-state index < -0.39 is 0 Å². The molecule has 0 aliphatic carbocycles. The number of nitrogens with two attached hydrogens (primary N) is 2. The summed E-state index contributed by atoms with van der Waals surface area (Å²) in [6.07, 6.45) is 0. The van der Waals surface area contributed by atoms with E-state index in [0.717, 1.165) is 4.47 Å². The topological polar surface area (TPSA) is 86.9 Å². The van der Waals surface area contributed by atoms with Crippen LogP contribution < -0.4 is 11.5 Å². The van der Waals surface area contributed by atoms with Crippen LogP contribution in [0, 0.1) is 0 Å². The van der Waals surface area contributed by atoms with Crippen LogP contribution in [0.5, 0.6) is 0 Å². The molecule has 0 aliphatic rings. The van der Waals surface area contributed by atoms with Crippen LogP contribution in [0.3, 0.4) is 0 Å². The predicted molar refractivity (Wildman–Crippen MR) is 95.0 cm³/mol. The van der Waals surface area contributed by atoms with Crippen molar-refractivity contribution in [2.45, 2.75) is 0 Å². The Hall–Kier alpha value is -2.31. The van der Waals surface area contributed by atoms with Crippen molar-refractivity contribution < 1.29 is 4.79 Å². The van der Waals surface area contributed by atoms with Crippen LogP contribution in [0.15, 0.2) is 53.0 Å². The third-order valence-electron chi connectivity index (χ3n) is 3.35. The first-order chi connectivity index (χ1) is 11.0. The lowest BCUT2D eigenvalue weighted by Crippen LogP contribution is -2.06. The number of halogens is 2. The van der Waals surface area contributed by atoms with E-state index in [2.05, 4.69) is 21.0 Å². The molecule has 0 bridgehead atoms. The summed E-state index contributed by atoms with van der Waals surface area (Å²) in [6.45, 7) is 0. The average Bonchev–Trinajstić information content (AvgIpc) is 2.84. The molecule has 0 amide bonds. The van der Waals surface area contributed by atoms with E-state index >= 15 is 0 Å². The van der Waals surface area contributed by atoms with Crippen LogP contribution in [-0.2, 0) is 0 Å². The van der Waals surface area contributed by atoms with E-state index in [4.69, 9.17) is 23.1 Å². The molecule has 1 aromatic heterocycles. The summed E-state index contributed by atoms with van der Waals surface area (Å²) >= 11 is 9.21. The molecule has 0 saturated carbocycles. The molecule has 5 nitrogen and oxygen atoms in total. The SMILES string of the molecule is Nc1c(C(=O)c2ccc(Br)cc2)nn(-c2ccc(Cl)cc2)c1N. The Labute approximate surface area is 146 Å². The molecule has 0 radical (unpaired) electrons. The second-order valence-electron chi connectivity index (χ2n) is 4.87. The maximum Gasteiger partial charge on any atom is 0.215 e. The number of hydrogen-bond acceptors (Lipinski definition) is 4. The molecule has 0 atom stereocenters. The minimum absolute atomic E-state index is 0.125. The first-order valence-electron chi connectivity index (χ1n) is 6.67. The van der Waals surface area contributed by atoms with Crippen LogP contribution in [0.25, 0.3) is 5.69 Å². The van der Waals surface area contributed by atoms with Crippen LogP contribution in [-0.4, -0.2) is 15.6 Å². The van der Waals surface area contributed by atoms with Gasteiger partial charge in [0.15, 0.2) is 11.5 Å². The Morgan fingerprint density at radius 3 is 2.26 bits per heavy atom. The molecule has 0 fully saturated rings. The van der Waals surface area contributed by atoms with Crippen molar-refractivity contribution in [1.29, 1.82) is 0 Å². The second kappa shape index (κ2) is 6.06. The maximum absolute atomic E-state index is 12.6. The molecule has 0 unspecified atom stereocenters. The highest BCUT2D eigenvalue weighted by Crippen LogP contribution is 2.26. The summed E-state index contributed by atoms with van der Waals surface area (Å²) in [5.74, 6) is -0.0674. The normalized spacial score (nSPS) is 10.7. The van der Waals surface area contributed by atoms with E-state index in [1.165, 1.54) is 4.68 Å². The van der Waals surface area contributed by atoms with Crippen LogP contribution in [0.1, 0.15) is 16.1 Å². The Morgan fingerprint density at radius 1 is 1.04 bits per heavy atom. The zero-order valence-electron chi connectivity index (χ0n) is 11.8. The molecule has 116 valence electrons. The van der Waals surface area contributed by atoms with Crippen molar-refractivity contribution >= 4 is 44.8 Å². The predicted octanol–water partition coefficient (Wildman–Crippen LogP) is 3.68. The zero-order valence-corrected chi connectivity index (χ0v) is 14.2. The van der Waals surface area contributed by atoms with Gasteiger partial charge in [-0.25, -0.2) is 4.68 Å². The van der Waals surface area contributed by atoms with Gasteiger partial charge < -0.3 is 11.5 Å². The monoisotopic (exact) mass is 390 g/mol. The number of carbonyl (C=O) groups excluding carboxylic acids is 1. The third kappa shape index (κ3) is 2.95. The molecule has 3 aromatic rings. The van der Waals surface area contributed by atoms with Gasteiger partial charge in [-0.1, -0.05) is 27.5 Å². The number of hydrogen-bond donors (Lipinski definition) is 2. The largest absolute Gasteiger partial charge is 0.394 e. The molecule has 0 saturated heterocycles. The van der Waals surface area contributed by atoms with Gasteiger partial charge in [-0.2, -0.15) is 5.10 Å². The number of carbonyl (C=O) groups is 1. The van der Waals surface area contributed by atoms with E-state index in [1.807, 2.05) is 0 Å². The van der Waals surface area contributed by atoms with Crippen molar-refractivity contribution in [2.24, 2.45) is 0 Å². The quantitative estimate of drug-likeness (QED) is 0.667. The summed E-state index contributed by atoms with van der Waals surface area (Å²) < 4.78 is 2.31. The molecule has 4 N–H and O–H groups in total. The van der Waals surface area contributed by atoms with Gasteiger partial charge in [-0.15, -0.1) is 0 Å².